The highest BCUT2D eigenvalue weighted by atomic mass is 32.1. The molecule has 3 nitrogen and oxygen atoms in total. The third kappa shape index (κ3) is 3.31. The molecule has 1 aliphatic rings. The maximum Gasteiger partial charge on any atom is 0.306 e. The Bertz CT molecular complexity index is 394. The average molecular weight is 267 g/mol. The van der Waals surface area contributed by atoms with E-state index in [1.54, 1.807) is 11.3 Å². The predicted octanol–water partition coefficient (Wildman–Crippen LogP) is 3.68. The van der Waals surface area contributed by atoms with Gasteiger partial charge in [-0.05, 0) is 45.4 Å². The first kappa shape index (κ1) is 13.5. The van der Waals surface area contributed by atoms with E-state index in [0.717, 1.165) is 25.7 Å². The average Bonchev–Trinajstić information content (AvgIpc) is 2.77. The summed E-state index contributed by atoms with van der Waals surface area (Å²) >= 11 is 1.73. The van der Waals surface area contributed by atoms with Gasteiger partial charge in [0.15, 0.2) is 0 Å². The van der Waals surface area contributed by atoms with Gasteiger partial charge in [-0.25, -0.2) is 4.98 Å². The highest BCUT2D eigenvalue weighted by Gasteiger charge is 2.26. The van der Waals surface area contributed by atoms with Gasteiger partial charge < -0.3 is 4.74 Å². The number of aromatic nitrogens is 1. The summed E-state index contributed by atoms with van der Waals surface area (Å²) in [5.74, 6) is 1.08. The molecular weight excluding hydrogens is 246 g/mol. The Morgan fingerprint density at radius 3 is 2.72 bits per heavy atom. The van der Waals surface area contributed by atoms with Crippen molar-refractivity contribution >= 4 is 17.3 Å². The molecule has 0 aromatic carbocycles. The molecule has 1 fully saturated rings. The van der Waals surface area contributed by atoms with Crippen LogP contribution >= 0.6 is 11.3 Å². The fraction of sp³-hybridized carbons (Fsp3) is 0.714. The lowest BCUT2D eigenvalue weighted by Gasteiger charge is -2.27. The van der Waals surface area contributed by atoms with Crippen molar-refractivity contribution in [2.24, 2.45) is 5.92 Å². The largest absolute Gasteiger partial charge is 0.466 e. The zero-order valence-electron chi connectivity index (χ0n) is 11.1. The minimum Gasteiger partial charge on any atom is -0.466 e. The van der Waals surface area contributed by atoms with Crippen molar-refractivity contribution in [3.05, 3.63) is 16.1 Å². The quantitative estimate of drug-likeness (QED) is 0.781. The first-order chi connectivity index (χ1) is 8.70. The maximum atomic E-state index is 11.4. The Morgan fingerprint density at radius 1 is 1.44 bits per heavy atom. The topological polar surface area (TPSA) is 39.2 Å². The van der Waals surface area contributed by atoms with Crippen LogP contribution in [0.1, 0.15) is 55.5 Å². The molecule has 1 heterocycles. The molecule has 0 bridgehead atoms. The summed E-state index contributed by atoms with van der Waals surface area (Å²) < 4.78 is 5.01. The molecule has 0 N–H and O–H groups in total. The SMILES string of the molecule is CCOC(=O)CC1CCC(c2ncsc2C)CC1. The van der Waals surface area contributed by atoms with Crippen LogP contribution in [0.2, 0.25) is 0 Å². The van der Waals surface area contributed by atoms with E-state index in [4.69, 9.17) is 4.74 Å². The molecule has 2 rings (SSSR count). The Morgan fingerprint density at radius 2 is 2.17 bits per heavy atom. The first-order valence-corrected chi connectivity index (χ1v) is 7.64. The number of hydrogen-bond donors (Lipinski definition) is 0. The van der Waals surface area contributed by atoms with Crippen molar-refractivity contribution in [2.75, 3.05) is 6.61 Å². The predicted molar refractivity (Wildman–Crippen MR) is 72.8 cm³/mol. The lowest BCUT2D eigenvalue weighted by Crippen LogP contribution is -2.18. The molecule has 1 aromatic heterocycles. The zero-order valence-corrected chi connectivity index (χ0v) is 12.0. The standard InChI is InChI=1S/C14H21NO2S/c1-3-17-13(16)8-11-4-6-12(7-5-11)14-10(2)18-9-15-14/h9,11-12H,3-8H2,1-2H3. The molecule has 0 aliphatic heterocycles. The van der Waals surface area contributed by atoms with Crippen LogP contribution in [0, 0.1) is 12.8 Å². The number of hydrogen-bond acceptors (Lipinski definition) is 4. The fourth-order valence-corrected chi connectivity index (χ4v) is 3.47. The molecule has 0 radical (unpaired) electrons. The summed E-state index contributed by atoms with van der Waals surface area (Å²) in [6, 6.07) is 0. The molecule has 100 valence electrons. The van der Waals surface area contributed by atoms with E-state index in [-0.39, 0.29) is 5.97 Å². The van der Waals surface area contributed by atoms with Crippen LogP contribution in [0.25, 0.3) is 0 Å². The number of carbonyl (C=O) groups is 1. The summed E-state index contributed by atoms with van der Waals surface area (Å²) in [5.41, 5.74) is 3.23. The number of carbonyl (C=O) groups excluding carboxylic acids is 1. The Hall–Kier alpha value is -0.900. The third-order valence-electron chi connectivity index (χ3n) is 3.78. The number of aryl methyl sites for hydroxylation is 1. The molecular formula is C14H21NO2S. The van der Waals surface area contributed by atoms with E-state index < -0.39 is 0 Å². The molecule has 0 saturated heterocycles. The summed E-state index contributed by atoms with van der Waals surface area (Å²) in [4.78, 5) is 17.3. The highest BCUT2D eigenvalue weighted by Crippen LogP contribution is 2.38. The lowest BCUT2D eigenvalue weighted by atomic mass is 9.79. The second-order valence-electron chi connectivity index (χ2n) is 5.02. The minimum absolute atomic E-state index is 0.0363. The van der Waals surface area contributed by atoms with Crippen LogP contribution in [0.5, 0.6) is 0 Å². The van der Waals surface area contributed by atoms with E-state index in [1.165, 1.54) is 10.6 Å². The molecule has 0 atom stereocenters. The minimum atomic E-state index is -0.0363. The van der Waals surface area contributed by atoms with Gasteiger partial charge in [-0.2, -0.15) is 0 Å². The van der Waals surface area contributed by atoms with Gasteiger partial charge >= 0.3 is 5.97 Å². The molecule has 0 unspecified atom stereocenters. The smallest absolute Gasteiger partial charge is 0.306 e. The van der Waals surface area contributed by atoms with Crippen LogP contribution in [0.4, 0.5) is 0 Å². The maximum absolute atomic E-state index is 11.4. The lowest BCUT2D eigenvalue weighted by molar-refractivity contribution is -0.144. The summed E-state index contributed by atoms with van der Waals surface area (Å²) in [7, 11) is 0. The van der Waals surface area contributed by atoms with E-state index in [9.17, 15) is 4.79 Å². The van der Waals surface area contributed by atoms with Crippen molar-refractivity contribution in [2.45, 2.75) is 51.9 Å². The summed E-state index contributed by atoms with van der Waals surface area (Å²) in [6.45, 7) is 4.50. The number of esters is 1. The fourth-order valence-electron chi connectivity index (χ4n) is 2.80. The molecule has 1 saturated carbocycles. The van der Waals surface area contributed by atoms with Crippen LogP contribution in [0.3, 0.4) is 0 Å². The number of rotatable bonds is 4. The first-order valence-electron chi connectivity index (χ1n) is 6.76. The molecule has 1 aromatic rings. The van der Waals surface area contributed by atoms with E-state index >= 15 is 0 Å². The van der Waals surface area contributed by atoms with Crippen molar-refractivity contribution in [1.29, 1.82) is 0 Å². The van der Waals surface area contributed by atoms with Gasteiger partial charge in [0.25, 0.3) is 0 Å². The van der Waals surface area contributed by atoms with Gasteiger partial charge in [0.1, 0.15) is 0 Å². The molecule has 1 aliphatic carbocycles. The number of ether oxygens (including phenoxy) is 1. The zero-order chi connectivity index (χ0) is 13.0. The van der Waals surface area contributed by atoms with Gasteiger partial charge in [-0.1, -0.05) is 0 Å². The Labute approximate surface area is 113 Å². The Kier molecular flexibility index (Phi) is 4.75. The summed E-state index contributed by atoms with van der Waals surface area (Å²) in [6.07, 6.45) is 5.17. The van der Waals surface area contributed by atoms with Gasteiger partial charge in [0.2, 0.25) is 0 Å². The van der Waals surface area contributed by atoms with E-state index in [1.807, 2.05) is 12.4 Å². The second-order valence-corrected chi connectivity index (χ2v) is 6.08. The van der Waals surface area contributed by atoms with Crippen LogP contribution in [-0.4, -0.2) is 17.6 Å². The van der Waals surface area contributed by atoms with Crippen molar-refractivity contribution in [1.82, 2.24) is 4.98 Å². The Balaban J connectivity index is 1.81. The normalized spacial score (nSPS) is 23.9. The molecule has 4 heteroatoms. The molecule has 0 amide bonds. The van der Waals surface area contributed by atoms with Crippen molar-refractivity contribution in [3.8, 4) is 0 Å². The summed E-state index contributed by atoms with van der Waals surface area (Å²) in [5, 5.41) is 0. The second kappa shape index (κ2) is 6.32. The van der Waals surface area contributed by atoms with Crippen molar-refractivity contribution in [3.63, 3.8) is 0 Å². The van der Waals surface area contributed by atoms with Crippen LogP contribution in [0.15, 0.2) is 5.51 Å². The monoisotopic (exact) mass is 267 g/mol. The van der Waals surface area contributed by atoms with Crippen LogP contribution in [-0.2, 0) is 9.53 Å². The highest BCUT2D eigenvalue weighted by molar-refractivity contribution is 7.09. The molecule has 18 heavy (non-hydrogen) atoms. The van der Waals surface area contributed by atoms with Gasteiger partial charge in [0, 0.05) is 17.2 Å². The van der Waals surface area contributed by atoms with Gasteiger partial charge in [-0.15, -0.1) is 11.3 Å². The van der Waals surface area contributed by atoms with Gasteiger partial charge in [-0.3, -0.25) is 4.79 Å². The molecule has 0 spiro atoms. The number of nitrogens with zero attached hydrogens (tertiary/aromatic N) is 1. The number of thiazole rings is 1. The van der Waals surface area contributed by atoms with E-state index in [2.05, 4.69) is 11.9 Å². The van der Waals surface area contributed by atoms with E-state index in [0.29, 0.717) is 24.9 Å². The van der Waals surface area contributed by atoms with Crippen LogP contribution < -0.4 is 0 Å². The van der Waals surface area contributed by atoms with Gasteiger partial charge in [0.05, 0.1) is 17.8 Å². The third-order valence-corrected chi connectivity index (χ3v) is 4.55. The van der Waals surface area contributed by atoms with Crippen molar-refractivity contribution < 1.29 is 9.53 Å².